The maximum absolute atomic E-state index is 10.5. The lowest BCUT2D eigenvalue weighted by molar-refractivity contribution is -0.138. The van der Waals surface area contributed by atoms with Crippen molar-refractivity contribution in [3.8, 4) is 0 Å². The Morgan fingerprint density at radius 1 is 1.69 bits per heavy atom. The summed E-state index contributed by atoms with van der Waals surface area (Å²) in [7, 11) is 0. The number of carboxylic acids is 1. The summed E-state index contributed by atoms with van der Waals surface area (Å²) in [6.07, 6.45) is 0.318. The summed E-state index contributed by atoms with van der Waals surface area (Å²) in [4.78, 5) is 10.5. The van der Waals surface area contributed by atoms with Crippen molar-refractivity contribution in [1.29, 1.82) is 0 Å². The topological polar surface area (TPSA) is 76.5 Å². The molecule has 1 atom stereocenters. The van der Waals surface area contributed by atoms with Crippen LogP contribution in [0.3, 0.4) is 0 Å². The third-order valence-electron chi connectivity index (χ3n) is 1.90. The Morgan fingerprint density at radius 3 is 2.69 bits per heavy atom. The van der Waals surface area contributed by atoms with Gasteiger partial charge in [0.2, 0.25) is 0 Å². The Hall–Kier alpha value is -1.29. The van der Waals surface area contributed by atoms with Crippen LogP contribution < -0.4 is 5.73 Å². The van der Waals surface area contributed by atoms with Crippen molar-refractivity contribution in [3.63, 3.8) is 0 Å². The van der Waals surface area contributed by atoms with Crippen LogP contribution in [-0.2, 0) is 11.2 Å². The predicted molar refractivity (Wildman–Crippen MR) is 47.5 cm³/mol. The number of aliphatic carboxylic acids is 1. The molecule has 1 rings (SSSR count). The van der Waals surface area contributed by atoms with Gasteiger partial charge < -0.3 is 15.3 Å². The van der Waals surface area contributed by atoms with Crippen LogP contribution >= 0.6 is 0 Å². The first kappa shape index (κ1) is 9.80. The second kappa shape index (κ2) is 3.62. The van der Waals surface area contributed by atoms with Crippen LogP contribution in [0.4, 0.5) is 0 Å². The summed E-state index contributed by atoms with van der Waals surface area (Å²) in [6, 6.07) is 0.966. The lowest BCUT2D eigenvalue weighted by Gasteiger charge is -2.03. The van der Waals surface area contributed by atoms with Gasteiger partial charge in [-0.1, -0.05) is 0 Å². The van der Waals surface area contributed by atoms with E-state index >= 15 is 0 Å². The van der Waals surface area contributed by atoms with E-state index in [1.807, 2.05) is 13.0 Å². The standard InChI is InChI=1S/C9H13NO3/c1-5-3-7(6(2)13-5)4-8(10)9(11)12/h3,8H,4,10H2,1-2H3,(H,11,12)/t8-/m1/s1. The molecule has 3 N–H and O–H groups in total. The molecule has 0 bridgehead atoms. The van der Waals surface area contributed by atoms with Crippen molar-refractivity contribution in [1.82, 2.24) is 0 Å². The van der Waals surface area contributed by atoms with Crippen LogP contribution in [0.25, 0.3) is 0 Å². The van der Waals surface area contributed by atoms with Crippen LogP contribution in [-0.4, -0.2) is 17.1 Å². The average molecular weight is 183 g/mol. The fourth-order valence-electron chi connectivity index (χ4n) is 1.21. The lowest BCUT2D eigenvalue weighted by Crippen LogP contribution is -2.32. The van der Waals surface area contributed by atoms with Crippen molar-refractivity contribution < 1.29 is 14.3 Å². The molecule has 1 heterocycles. The smallest absolute Gasteiger partial charge is 0.320 e. The van der Waals surface area contributed by atoms with Crippen molar-refractivity contribution >= 4 is 5.97 Å². The minimum atomic E-state index is -0.988. The number of furan rings is 1. The largest absolute Gasteiger partial charge is 0.480 e. The summed E-state index contributed by atoms with van der Waals surface area (Å²) in [5.41, 5.74) is 6.25. The van der Waals surface area contributed by atoms with E-state index in [2.05, 4.69) is 0 Å². The summed E-state index contributed by atoms with van der Waals surface area (Å²) >= 11 is 0. The second-order valence-electron chi connectivity index (χ2n) is 3.09. The van der Waals surface area contributed by atoms with Gasteiger partial charge >= 0.3 is 5.97 Å². The highest BCUT2D eigenvalue weighted by molar-refractivity contribution is 5.73. The third kappa shape index (κ3) is 2.32. The molecular formula is C9H13NO3. The van der Waals surface area contributed by atoms with E-state index < -0.39 is 12.0 Å². The van der Waals surface area contributed by atoms with Gasteiger partial charge in [-0.15, -0.1) is 0 Å². The van der Waals surface area contributed by atoms with E-state index in [0.29, 0.717) is 6.42 Å². The molecule has 0 radical (unpaired) electrons. The molecule has 0 amide bonds. The van der Waals surface area contributed by atoms with Gasteiger partial charge in [0.25, 0.3) is 0 Å². The lowest BCUT2D eigenvalue weighted by atomic mass is 10.1. The minimum Gasteiger partial charge on any atom is -0.480 e. The monoisotopic (exact) mass is 183 g/mol. The molecule has 1 aromatic heterocycles. The SMILES string of the molecule is Cc1cc(C[C@@H](N)C(=O)O)c(C)o1. The van der Waals surface area contributed by atoms with Gasteiger partial charge in [0.15, 0.2) is 0 Å². The van der Waals surface area contributed by atoms with Crippen molar-refractivity contribution in [3.05, 3.63) is 23.2 Å². The number of rotatable bonds is 3. The highest BCUT2D eigenvalue weighted by Gasteiger charge is 2.15. The van der Waals surface area contributed by atoms with Crippen LogP contribution in [0.5, 0.6) is 0 Å². The molecule has 4 heteroatoms. The Balaban J connectivity index is 2.74. The Morgan fingerprint density at radius 2 is 2.31 bits per heavy atom. The molecule has 1 aromatic rings. The van der Waals surface area contributed by atoms with Gasteiger partial charge in [-0.05, 0) is 25.5 Å². The molecule has 0 saturated heterocycles. The molecule has 0 unspecified atom stereocenters. The molecular weight excluding hydrogens is 170 g/mol. The summed E-state index contributed by atoms with van der Waals surface area (Å²) in [6.45, 7) is 3.62. The van der Waals surface area contributed by atoms with Gasteiger partial charge in [0.05, 0.1) is 0 Å². The van der Waals surface area contributed by atoms with Gasteiger partial charge in [-0.25, -0.2) is 0 Å². The number of carbonyl (C=O) groups is 1. The van der Waals surface area contributed by atoms with Crippen LogP contribution in [0, 0.1) is 13.8 Å². The summed E-state index contributed by atoms with van der Waals surface area (Å²) < 4.78 is 5.25. The first-order valence-corrected chi connectivity index (χ1v) is 4.05. The zero-order valence-electron chi connectivity index (χ0n) is 7.70. The molecule has 13 heavy (non-hydrogen) atoms. The second-order valence-corrected chi connectivity index (χ2v) is 3.09. The van der Waals surface area contributed by atoms with E-state index in [1.54, 1.807) is 6.92 Å². The number of hydrogen-bond acceptors (Lipinski definition) is 3. The summed E-state index contributed by atoms with van der Waals surface area (Å²) in [5.74, 6) is 0.539. The first-order valence-electron chi connectivity index (χ1n) is 4.05. The fourth-order valence-corrected chi connectivity index (χ4v) is 1.21. The molecule has 0 aliphatic rings. The zero-order chi connectivity index (χ0) is 10.0. The van der Waals surface area contributed by atoms with Crippen molar-refractivity contribution in [2.24, 2.45) is 5.73 Å². The van der Waals surface area contributed by atoms with Gasteiger partial charge in [0.1, 0.15) is 17.6 Å². The Labute approximate surface area is 76.3 Å². The quantitative estimate of drug-likeness (QED) is 0.728. The Kier molecular flexibility index (Phi) is 2.72. The van der Waals surface area contributed by atoms with Crippen molar-refractivity contribution in [2.45, 2.75) is 26.3 Å². The summed E-state index contributed by atoms with van der Waals surface area (Å²) in [5, 5.41) is 8.59. The van der Waals surface area contributed by atoms with Gasteiger partial charge in [-0.3, -0.25) is 4.79 Å². The van der Waals surface area contributed by atoms with Crippen LogP contribution in [0.1, 0.15) is 17.1 Å². The molecule has 0 aromatic carbocycles. The number of carboxylic acid groups (broad SMARTS) is 1. The van der Waals surface area contributed by atoms with E-state index in [4.69, 9.17) is 15.3 Å². The van der Waals surface area contributed by atoms with Crippen LogP contribution in [0.2, 0.25) is 0 Å². The van der Waals surface area contributed by atoms with E-state index in [1.165, 1.54) is 0 Å². The minimum absolute atomic E-state index is 0.318. The maximum atomic E-state index is 10.5. The van der Waals surface area contributed by atoms with Gasteiger partial charge in [0, 0.05) is 6.42 Å². The highest BCUT2D eigenvalue weighted by atomic mass is 16.4. The fraction of sp³-hybridized carbons (Fsp3) is 0.444. The third-order valence-corrected chi connectivity index (χ3v) is 1.90. The molecule has 0 spiro atoms. The number of aryl methyl sites for hydroxylation is 2. The van der Waals surface area contributed by atoms with Crippen LogP contribution in [0.15, 0.2) is 10.5 Å². The molecule has 0 fully saturated rings. The van der Waals surface area contributed by atoms with E-state index in [9.17, 15) is 4.79 Å². The zero-order valence-corrected chi connectivity index (χ0v) is 7.70. The van der Waals surface area contributed by atoms with Crippen molar-refractivity contribution in [2.75, 3.05) is 0 Å². The highest BCUT2D eigenvalue weighted by Crippen LogP contribution is 2.14. The number of hydrogen-bond donors (Lipinski definition) is 2. The van der Waals surface area contributed by atoms with E-state index in [-0.39, 0.29) is 0 Å². The van der Waals surface area contributed by atoms with E-state index in [0.717, 1.165) is 17.1 Å². The Bertz CT molecular complexity index is 317. The average Bonchev–Trinajstić information content (AvgIpc) is 2.30. The molecule has 0 aliphatic heterocycles. The first-order chi connectivity index (χ1) is 6.00. The molecule has 0 saturated carbocycles. The molecule has 0 aliphatic carbocycles. The molecule has 4 nitrogen and oxygen atoms in total. The normalized spacial score (nSPS) is 12.8. The predicted octanol–water partition coefficient (Wildman–Crippen LogP) is 0.851. The maximum Gasteiger partial charge on any atom is 0.320 e. The number of nitrogens with two attached hydrogens (primary N) is 1. The molecule has 72 valence electrons. The van der Waals surface area contributed by atoms with Gasteiger partial charge in [-0.2, -0.15) is 0 Å².